The molecule has 3 heterocycles. The van der Waals surface area contributed by atoms with E-state index in [-0.39, 0.29) is 17.1 Å². The predicted molar refractivity (Wildman–Crippen MR) is 131 cm³/mol. The second-order valence-corrected chi connectivity index (χ2v) is 9.54. The fourth-order valence-corrected chi connectivity index (χ4v) is 5.25. The van der Waals surface area contributed by atoms with Gasteiger partial charge < -0.3 is 14.1 Å². The van der Waals surface area contributed by atoms with Crippen molar-refractivity contribution in [3.8, 4) is 0 Å². The Kier molecular flexibility index (Phi) is 6.36. The first-order valence-electron chi connectivity index (χ1n) is 11.5. The van der Waals surface area contributed by atoms with E-state index < -0.39 is 6.04 Å². The van der Waals surface area contributed by atoms with E-state index in [2.05, 4.69) is 27.8 Å². The van der Waals surface area contributed by atoms with Crippen molar-refractivity contribution in [2.75, 3.05) is 39.4 Å². The van der Waals surface area contributed by atoms with Crippen LogP contribution in [0.2, 0.25) is 0 Å². The van der Waals surface area contributed by atoms with Crippen LogP contribution in [0.25, 0.3) is 11.0 Å². The molecule has 172 valence electrons. The minimum atomic E-state index is -0.458. The molecule has 7 heteroatoms. The number of carbonyl (C=O) groups excluding carboxylic acids is 1. The predicted octanol–water partition coefficient (Wildman–Crippen LogP) is 4.39. The Balaban J connectivity index is 1.55. The first kappa shape index (κ1) is 22.3. The number of amides is 1. The number of ether oxygens (including phenoxy) is 1. The summed E-state index contributed by atoms with van der Waals surface area (Å²) in [4.78, 5) is 31.4. The molecule has 3 aromatic rings. The van der Waals surface area contributed by atoms with Crippen molar-refractivity contribution in [3.05, 3.63) is 79.6 Å². The van der Waals surface area contributed by atoms with Crippen molar-refractivity contribution in [3.63, 3.8) is 0 Å². The van der Waals surface area contributed by atoms with E-state index >= 15 is 0 Å². The summed E-state index contributed by atoms with van der Waals surface area (Å²) in [5, 5.41) is 0.538. The van der Waals surface area contributed by atoms with E-state index in [9.17, 15) is 9.59 Å². The largest absolute Gasteiger partial charge is 0.450 e. The lowest BCUT2D eigenvalue weighted by molar-refractivity contribution is 0.0353. The van der Waals surface area contributed by atoms with E-state index in [0.717, 1.165) is 61.3 Å². The van der Waals surface area contributed by atoms with Gasteiger partial charge in [-0.15, -0.1) is 0 Å². The van der Waals surface area contributed by atoms with Gasteiger partial charge in [0.1, 0.15) is 5.58 Å². The van der Waals surface area contributed by atoms with Crippen molar-refractivity contribution in [1.82, 2.24) is 9.80 Å². The molecule has 2 aliphatic heterocycles. The highest BCUT2D eigenvalue weighted by molar-refractivity contribution is 9.10. The van der Waals surface area contributed by atoms with Gasteiger partial charge in [-0.25, -0.2) is 0 Å². The zero-order valence-corrected chi connectivity index (χ0v) is 20.3. The highest BCUT2D eigenvalue weighted by atomic mass is 79.9. The maximum Gasteiger partial charge on any atom is 0.290 e. The van der Waals surface area contributed by atoms with Gasteiger partial charge in [-0.05, 0) is 48.2 Å². The Labute approximate surface area is 201 Å². The van der Waals surface area contributed by atoms with Gasteiger partial charge in [0.15, 0.2) is 5.43 Å². The summed E-state index contributed by atoms with van der Waals surface area (Å²) in [5.41, 5.74) is 2.77. The molecule has 5 rings (SSSR count). The summed E-state index contributed by atoms with van der Waals surface area (Å²) < 4.78 is 12.4. The molecule has 1 aromatic heterocycles. The van der Waals surface area contributed by atoms with Crippen molar-refractivity contribution < 1.29 is 13.9 Å². The second kappa shape index (κ2) is 9.41. The van der Waals surface area contributed by atoms with Crippen molar-refractivity contribution in [1.29, 1.82) is 0 Å². The standard InChI is InChI=1S/C26H27BrN2O4/c1-2-17-7-8-21-20(15-17)24(30)22-23(18-5-3-6-19(27)16-18)29(26(31)25(22)33-21)10-4-9-28-11-13-32-14-12-28/h3,5-8,15-16,23H,2,4,9-14H2,1H3. The lowest BCUT2D eigenvalue weighted by atomic mass is 9.98. The molecule has 0 aliphatic carbocycles. The third-order valence-electron chi connectivity index (χ3n) is 6.58. The molecular formula is C26H27BrN2O4. The van der Waals surface area contributed by atoms with Crippen LogP contribution in [0.1, 0.15) is 46.6 Å². The third-order valence-corrected chi connectivity index (χ3v) is 7.07. The summed E-state index contributed by atoms with van der Waals surface area (Å²) in [6.07, 6.45) is 1.64. The maximum atomic E-state index is 13.7. The molecule has 33 heavy (non-hydrogen) atoms. The Morgan fingerprint density at radius 3 is 2.64 bits per heavy atom. The second-order valence-electron chi connectivity index (χ2n) is 8.62. The maximum absolute atomic E-state index is 13.7. The highest BCUT2D eigenvalue weighted by Crippen LogP contribution is 2.39. The first-order chi connectivity index (χ1) is 16.1. The monoisotopic (exact) mass is 510 g/mol. The number of hydrogen-bond acceptors (Lipinski definition) is 5. The van der Waals surface area contributed by atoms with Crippen LogP contribution in [-0.4, -0.2) is 55.1 Å². The number of morpholine rings is 1. The average Bonchev–Trinajstić information content (AvgIpc) is 3.11. The number of rotatable bonds is 6. The molecule has 6 nitrogen and oxygen atoms in total. The number of nitrogens with zero attached hydrogens (tertiary/aromatic N) is 2. The van der Waals surface area contributed by atoms with Crippen LogP contribution in [0.3, 0.4) is 0 Å². The van der Waals surface area contributed by atoms with E-state index in [4.69, 9.17) is 9.15 Å². The summed E-state index contributed by atoms with van der Waals surface area (Å²) in [7, 11) is 0. The molecule has 1 saturated heterocycles. The van der Waals surface area contributed by atoms with Crippen LogP contribution in [0.5, 0.6) is 0 Å². The van der Waals surface area contributed by atoms with Gasteiger partial charge in [-0.2, -0.15) is 0 Å². The minimum Gasteiger partial charge on any atom is -0.450 e. The summed E-state index contributed by atoms with van der Waals surface area (Å²) in [6, 6.07) is 13.0. The minimum absolute atomic E-state index is 0.115. The van der Waals surface area contributed by atoms with Crippen molar-refractivity contribution >= 4 is 32.8 Å². The molecular weight excluding hydrogens is 484 g/mol. The Morgan fingerprint density at radius 2 is 1.88 bits per heavy atom. The smallest absolute Gasteiger partial charge is 0.290 e. The Bertz CT molecular complexity index is 1250. The summed E-state index contributed by atoms with van der Waals surface area (Å²) in [5.74, 6) is -0.0383. The lowest BCUT2D eigenvalue weighted by Crippen LogP contribution is -2.38. The zero-order chi connectivity index (χ0) is 22.9. The van der Waals surface area contributed by atoms with Gasteiger partial charge in [-0.3, -0.25) is 14.5 Å². The first-order valence-corrected chi connectivity index (χ1v) is 12.3. The Morgan fingerprint density at radius 1 is 1.06 bits per heavy atom. The SMILES string of the molecule is CCc1ccc2oc3c(c(=O)c2c1)C(c1cccc(Br)c1)N(CCCN1CCOCC1)C3=O. The number of halogens is 1. The molecule has 0 N–H and O–H groups in total. The molecule has 1 unspecified atom stereocenters. The number of benzene rings is 2. The molecule has 0 bridgehead atoms. The van der Waals surface area contributed by atoms with Crippen LogP contribution in [0, 0.1) is 0 Å². The number of fused-ring (bicyclic) bond motifs is 2. The number of carbonyl (C=O) groups is 1. The normalized spacial score (nSPS) is 18.8. The van der Waals surface area contributed by atoms with Crippen LogP contribution >= 0.6 is 15.9 Å². The van der Waals surface area contributed by atoms with Crippen molar-refractivity contribution in [2.24, 2.45) is 0 Å². The van der Waals surface area contributed by atoms with Crippen LogP contribution in [-0.2, 0) is 11.2 Å². The third kappa shape index (κ3) is 4.25. The summed E-state index contributed by atoms with van der Waals surface area (Å²) >= 11 is 3.54. The van der Waals surface area contributed by atoms with E-state index in [1.807, 2.05) is 36.4 Å². The van der Waals surface area contributed by atoms with Gasteiger partial charge >= 0.3 is 0 Å². The number of hydrogen-bond donors (Lipinski definition) is 0. The number of aryl methyl sites for hydroxylation is 1. The Hall–Kier alpha value is -2.48. The molecule has 1 fully saturated rings. The molecule has 2 aromatic carbocycles. The van der Waals surface area contributed by atoms with Crippen LogP contribution in [0.4, 0.5) is 0 Å². The van der Waals surface area contributed by atoms with E-state index in [1.165, 1.54) is 0 Å². The molecule has 0 radical (unpaired) electrons. The van der Waals surface area contributed by atoms with E-state index in [1.54, 1.807) is 11.0 Å². The topological polar surface area (TPSA) is 63.0 Å². The molecule has 0 spiro atoms. The fraction of sp³-hybridized carbons (Fsp3) is 0.385. The molecule has 2 aliphatic rings. The van der Waals surface area contributed by atoms with Crippen molar-refractivity contribution in [2.45, 2.75) is 25.8 Å². The van der Waals surface area contributed by atoms with Gasteiger partial charge in [0.05, 0.1) is 30.2 Å². The molecule has 1 atom stereocenters. The van der Waals surface area contributed by atoms with Gasteiger partial charge in [0, 0.05) is 30.7 Å². The van der Waals surface area contributed by atoms with Gasteiger partial charge in [0.25, 0.3) is 5.91 Å². The molecule has 1 amide bonds. The van der Waals surface area contributed by atoms with Gasteiger partial charge in [-0.1, -0.05) is 41.1 Å². The average molecular weight is 511 g/mol. The summed E-state index contributed by atoms with van der Waals surface area (Å²) in [6.45, 7) is 6.81. The van der Waals surface area contributed by atoms with Crippen LogP contribution in [0.15, 0.2) is 56.1 Å². The lowest BCUT2D eigenvalue weighted by Gasteiger charge is -2.29. The van der Waals surface area contributed by atoms with Crippen LogP contribution < -0.4 is 5.43 Å². The fourth-order valence-electron chi connectivity index (χ4n) is 4.83. The highest BCUT2D eigenvalue weighted by Gasteiger charge is 2.42. The van der Waals surface area contributed by atoms with Gasteiger partial charge in [0.2, 0.25) is 5.76 Å². The molecule has 0 saturated carbocycles. The zero-order valence-electron chi connectivity index (χ0n) is 18.7. The quantitative estimate of drug-likeness (QED) is 0.492. The van der Waals surface area contributed by atoms with E-state index in [0.29, 0.717) is 23.1 Å².